The molecule has 1 aromatic carbocycles. The molecule has 1 atom stereocenters. The summed E-state index contributed by atoms with van der Waals surface area (Å²) in [7, 11) is -2.16. The first-order chi connectivity index (χ1) is 12.7. The van der Waals surface area contributed by atoms with Gasteiger partial charge in [-0.2, -0.15) is 4.72 Å². The van der Waals surface area contributed by atoms with E-state index >= 15 is 0 Å². The molecule has 1 saturated heterocycles. The second-order valence-corrected chi connectivity index (χ2v) is 9.59. The third kappa shape index (κ3) is 5.41. The van der Waals surface area contributed by atoms with Crippen molar-refractivity contribution in [3.63, 3.8) is 0 Å². The maximum absolute atomic E-state index is 12.9. The van der Waals surface area contributed by atoms with Gasteiger partial charge in [-0.1, -0.05) is 17.7 Å². The molecule has 1 N–H and O–H groups in total. The Labute approximate surface area is 168 Å². The van der Waals surface area contributed by atoms with Gasteiger partial charge < -0.3 is 9.64 Å². The lowest BCUT2D eigenvalue weighted by Gasteiger charge is -2.41. The first-order valence-corrected chi connectivity index (χ1v) is 11.0. The smallest absolute Gasteiger partial charge is 0.325 e. The van der Waals surface area contributed by atoms with E-state index in [4.69, 9.17) is 16.3 Å². The molecule has 1 fully saturated rings. The number of nitroso groups, excluding NO2 is 1. The summed E-state index contributed by atoms with van der Waals surface area (Å²) >= 11 is 6.58. The van der Waals surface area contributed by atoms with Crippen molar-refractivity contribution >= 4 is 39.5 Å². The number of nitrogens with one attached hydrogen (secondary N) is 1. The van der Waals surface area contributed by atoms with Crippen LogP contribution in [0.15, 0.2) is 33.7 Å². The minimum atomic E-state index is -4.07. The van der Waals surface area contributed by atoms with Crippen molar-refractivity contribution in [1.29, 1.82) is 0 Å². The number of esters is 1. The first-order valence-electron chi connectivity index (χ1n) is 8.38. The highest BCUT2D eigenvalue weighted by Gasteiger charge is 2.49. The van der Waals surface area contributed by atoms with Crippen LogP contribution < -0.4 is 4.72 Å². The molecule has 1 aliphatic heterocycles. The van der Waals surface area contributed by atoms with Crippen LogP contribution in [0.4, 0.5) is 0 Å². The van der Waals surface area contributed by atoms with Crippen LogP contribution in [-0.4, -0.2) is 56.8 Å². The molecule has 0 radical (unpaired) electrons. The normalized spacial score (nSPS) is 18.6. The molecule has 1 heterocycles. The summed E-state index contributed by atoms with van der Waals surface area (Å²) in [4.78, 5) is 25.7. The van der Waals surface area contributed by atoms with Gasteiger partial charge in [-0.25, -0.2) is 8.42 Å². The monoisotopic (exact) mass is 435 g/mol. The van der Waals surface area contributed by atoms with Crippen LogP contribution in [0.3, 0.4) is 0 Å². The van der Waals surface area contributed by atoms with Crippen LogP contribution in [0.1, 0.15) is 19.8 Å². The molecule has 1 unspecified atom stereocenters. The molecule has 27 heavy (non-hydrogen) atoms. The minimum absolute atomic E-state index is 0.0727. The molecular formula is C16H22ClN3O5S2. The van der Waals surface area contributed by atoms with Gasteiger partial charge in [-0.3, -0.25) is 4.79 Å². The zero-order valence-electron chi connectivity index (χ0n) is 15.1. The number of nitrogens with zero attached hydrogens (tertiary/aromatic N) is 2. The van der Waals surface area contributed by atoms with Gasteiger partial charge in [0.15, 0.2) is 0 Å². The summed E-state index contributed by atoms with van der Waals surface area (Å²) in [5, 5.41) is 0.253. The summed E-state index contributed by atoms with van der Waals surface area (Å²) in [5.41, 5.74) is 0. The van der Waals surface area contributed by atoms with Crippen LogP contribution >= 0.6 is 23.5 Å². The molecule has 2 rings (SSSR count). The van der Waals surface area contributed by atoms with Crippen LogP contribution in [0, 0.1) is 4.91 Å². The molecule has 0 aliphatic carbocycles. The van der Waals surface area contributed by atoms with Crippen molar-refractivity contribution in [2.75, 3.05) is 26.7 Å². The maximum Gasteiger partial charge on any atom is 0.325 e. The van der Waals surface area contributed by atoms with E-state index < -0.39 is 26.8 Å². The molecule has 1 aromatic rings. The third-order valence-electron chi connectivity index (χ3n) is 4.48. The fourth-order valence-electron chi connectivity index (χ4n) is 2.96. The second kappa shape index (κ2) is 9.33. The Morgan fingerprint density at radius 3 is 2.67 bits per heavy atom. The van der Waals surface area contributed by atoms with Gasteiger partial charge in [-0.05, 0) is 58.1 Å². The largest absolute Gasteiger partial charge is 0.465 e. The Hall–Kier alpha value is -1.20. The molecule has 0 spiro atoms. The summed E-state index contributed by atoms with van der Waals surface area (Å²) in [6.45, 7) is 2.91. The number of sulfonamides is 1. The Kier molecular flexibility index (Phi) is 7.64. The van der Waals surface area contributed by atoms with Crippen molar-refractivity contribution < 1.29 is 17.9 Å². The Morgan fingerprint density at radius 2 is 2.11 bits per heavy atom. The van der Waals surface area contributed by atoms with Gasteiger partial charge >= 0.3 is 5.97 Å². The fraction of sp³-hybridized carbons (Fsp3) is 0.562. The van der Waals surface area contributed by atoms with E-state index in [-0.39, 0.29) is 16.5 Å². The predicted octanol–water partition coefficient (Wildman–Crippen LogP) is 2.43. The molecule has 11 heteroatoms. The second-order valence-electron chi connectivity index (χ2n) is 6.30. The number of halogens is 1. The molecule has 0 saturated carbocycles. The summed E-state index contributed by atoms with van der Waals surface area (Å²) < 4.78 is 35.1. The highest BCUT2D eigenvalue weighted by molar-refractivity contribution is 7.99. The van der Waals surface area contributed by atoms with E-state index in [9.17, 15) is 18.1 Å². The summed E-state index contributed by atoms with van der Waals surface area (Å²) in [6.07, 6.45) is 0.808. The average Bonchev–Trinajstić information content (AvgIpc) is 2.62. The Balaban J connectivity index is 2.41. The highest BCUT2D eigenvalue weighted by atomic mass is 35.5. The minimum Gasteiger partial charge on any atom is -0.465 e. The van der Waals surface area contributed by atoms with E-state index in [1.807, 2.05) is 11.9 Å². The standard InChI is InChI=1S/C16H22ClN3O5S2/c1-3-25-15(21)14(16(26-19-22)7-9-20(2)10-8-16)18-27(23,24)13-6-4-5-12(17)11-13/h4-6,11,14,18H,3,7-10H2,1-2H3. The quantitative estimate of drug-likeness (QED) is 0.379. The fourth-order valence-corrected chi connectivity index (χ4v) is 5.37. The van der Waals surface area contributed by atoms with E-state index in [1.165, 1.54) is 18.2 Å². The average molecular weight is 436 g/mol. The van der Waals surface area contributed by atoms with Crippen molar-refractivity contribution in [2.24, 2.45) is 4.58 Å². The SMILES string of the molecule is CCOC(=O)C(NS(=O)(=O)c1cccc(Cl)c1)C1(SN=O)CCN(C)CC1. The number of hydrogen-bond acceptors (Lipinski definition) is 8. The van der Waals surface area contributed by atoms with Gasteiger partial charge in [0, 0.05) is 21.6 Å². The van der Waals surface area contributed by atoms with Crippen LogP contribution in [-0.2, 0) is 19.6 Å². The Morgan fingerprint density at radius 1 is 1.44 bits per heavy atom. The lowest BCUT2D eigenvalue weighted by atomic mass is 9.88. The number of hydrogen-bond donors (Lipinski definition) is 1. The summed E-state index contributed by atoms with van der Waals surface area (Å²) in [6, 6.07) is 4.47. The number of piperidine rings is 1. The van der Waals surface area contributed by atoms with Gasteiger partial charge in [0.1, 0.15) is 6.04 Å². The van der Waals surface area contributed by atoms with Crippen LogP contribution in [0.5, 0.6) is 0 Å². The number of ether oxygens (including phenoxy) is 1. The van der Waals surface area contributed by atoms with Crippen molar-refractivity contribution in [3.8, 4) is 0 Å². The predicted molar refractivity (Wildman–Crippen MR) is 105 cm³/mol. The molecular weight excluding hydrogens is 414 g/mol. The number of likely N-dealkylation sites (tertiary alicyclic amines) is 1. The van der Waals surface area contributed by atoms with E-state index in [0.717, 1.165) is 0 Å². The molecule has 8 nitrogen and oxygen atoms in total. The molecule has 0 aromatic heterocycles. The zero-order valence-corrected chi connectivity index (χ0v) is 17.4. The topological polar surface area (TPSA) is 105 Å². The van der Waals surface area contributed by atoms with Crippen molar-refractivity contribution in [3.05, 3.63) is 34.2 Å². The summed E-state index contributed by atoms with van der Waals surface area (Å²) in [5.74, 6) is -0.733. The Bertz CT molecular complexity index is 782. The first kappa shape index (κ1) is 22.1. The number of rotatable bonds is 8. The highest BCUT2D eigenvalue weighted by Crippen LogP contribution is 2.40. The lowest BCUT2D eigenvalue weighted by molar-refractivity contribution is -0.146. The maximum atomic E-state index is 12.9. The van der Waals surface area contributed by atoms with Gasteiger partial charge in [0.25, 0.3) is 0 Å². The lowest BCUT2D eigenvalue weighted by Crippen LogP contribution is -2.59. The van der Waals surface area contributed by atoms with E-state index in [2.05, 4.69) is 9.30 Å². The van der Waals surface area contributed by atoms with E-state index in [0.29, 0.717) is 37.9 Å². The van der Waals surface area contributed by atoms with Crippen molar-refractivity contribution in [1.82, 2.24) is 9.62 Å². The number of carbonyl (C=O) groups is 1. The molecule has 0 amide bonds. The number of benzene rings is 1. The van der Waals surface area contributed by atoms with Crippen molar-refractivity contribution in [2.45, 2.75) is 35.4 Å². The zero-order chi connectivity index (χ0) is 20.1. The third-order valence-corrected chi connectivity index (χ3v) is 7.22. The molecule has 1 aliphatic rings. The number of carbonyl (C=O) groups excluding carboxylic acids is 1. The van der Waals surface area contributed by atoms with Gasteiger partial charge in [0.05, 0.1) is 16.2 Å². The van der Waals surface area contributed by atoms with Crippen LogP contribution in [0.25, 0.3) is 0 Å². The molecule has 0 bridgehead atoms. The van der Waals surface area contributed by atoms with Gasteiger partial charge in [0.2, 0.25) is 10.0 Å². The molecule has 150 valence electrons. The van der Waals surface area contributed by atoms with Crippen LogP contribution in [0.2, 0.25) is 5.02 Å². The van der Waals surface area contributed by atoms with E-state index in [1.54, 1.807) is 13.0 Å². The van der Waals surface area contributed by atoms with Gasteiger partial charge in [-0.15, -0.1) is 4.91 Å².